The van der Waals surface area contributed by atoms with E-state index in [1.165, 1.54) is 11.1 Å². The molecular formula is C21H16ClN3. The molecule has 1 N–H and O–H groups in total. The summed E-state index contributed by atoms with van der Waals surface area (Å²) in [6.07, 6.45) is -0.321. The lowest BCUT2D eigenvalue weighted by Crippen LogP contribution is -2.32. The van der Waals surface area contributed by atoms with Gasteiger partial charge in [-0.15, -0.1) is 0 Å². The lowest BCUT2D eigenvalue weighted by atomic mass is 10.0. The van der Waals surface area contributed by atoms with Crippen molar-refractivity contribution in [2.75, 3.05) is 0 Å². The molecule has 4 rings (SSSR count). The molecule has 0 fully saturated rings. The van der Waals surface area contributed by atoms with Gasteiger partial charge in [0, 0.05) is 5.56 Å². The van der Waals surface area contributed by atoms with Gasteiger partial charge in [-0.2, -0.15) is 0 Å². The van der Waals surface area contributed by atoms with E-state index in [1.54, 1.807) is 0 Å². The molecule has 0 saturated heterocycles. The van der Waals surface area contributed by atoms with Gasteiger partial charge in [0.2, 0.25) is 0 Å². The van der Waals surface area contributed by atoms with E-state index in [4.69, 9.17) is 16.6 Å². The van der Waals surface area contributed by atoms with Crippen molar-refractivity contribution in [2.45, 2.75) is 6.17 Å². The van der Waals surface area contributed by atoms with Crippen LogP contribution in [0.5, 0.6) is 0 Å². The van der Waals surface area contributed by atoms with Gasteiger partial charge >= 0.3 is 0 Å². The Balaban J connectivity index is 1.64. The molecule has 0 aliphatic carbocycles. The van der Waals surface area contributed by atoms with E-state index in [-0.39, 0.29) is 6.17 Å². The number of nitrogens with one attached hydrogen (secondary N) is 1. The first-order valence-electron chi connectivity index (χ1n) is 8.08. The summed E-state index contributed by atoms with van der Waals surface area (Å²) in [5.74, 6) is 0.730. The SMILES string of the molecule is ClC1=NC(c2ccccc2)N=C(c2ccc(-c3ccccc3)cc2)N1. The van der Waals surface area contributed by atoms with Crippen LogP contribution in [0.4, 0.5) is 0 Å². The van der Waals surface area contributed by atoms with Crippen molar-refractivity contribution in [3.05, 3.63) is 96.1 Å². The molecule has 0 radical (unpaired) electrons. The van der Waals surface area contributed by atoms with E-state index < -0.39 is 0 Å². The Hall–Kier alpha value is -2.91. The summed E-state index contributed by atoms with van der Waals surface area (Å²) in [5.41, 5.74) is 4.35. The average Bonchev–Trinajstić information content (AvgIpc) is 2.69. The van der Waals surface area contributed by atoms with Gasteiger partial charge in [0.1, 0.15) is 5.84 Å². The van der Waals surface area contributed by atoms with Crippen molar-refractivity contribution >= 4 is 22.7 Å². The Labute approximate surface area is 151 Å². The number of aliphatic imine (C=N–C) groups is 2. The molecule has 4 heteroatoms. The molecular weight excluding hydrogens is 330 g/mol. The Morgan fingerprint density at radius 1 is 0.640 bits per heavy atom. The van der Waals surface area contributed by atoms with Crippen molar-refractivity contribution in [1.82, 2.24) is 5.32 Å². The minimum atomic E-state index is -0.321. The van der Waals surface area contributed by atoms with Crippen LogP contribution in [0.2, 0.25) is 0 Å². The Bertz CT molecular complexity index is 916. The molecule has 0 spiro atoms. The fraction of sp³-hybridized carbons (Fsp3) is 0.0476. The number of amidine groups is 2. The van der Waals surface area contributed by atoms with Crippen molar-refractivity contribution in [3.8, 4) is 11.1 Å². The maximum atomic E-state index is 6.19. The van der Waals surface area contributed by atoms with Crippen LogP contribution in [0, 0.1) is 0 Å². The Morgan fingerprint density at radius 3 is 1.88 bits per heavy atom. The van der Waals surface area contributed by atoms with E-state index in [1.807, 2.05) is 60.7 Å². The zero-order valence-electron chi connectivity index (χ0n) is 13.4. The van der Waals surface area contributed by atoms with E-state index in [2.05, 4.69) is 34.6 Å². The van der Waals surface area contributed by atoms with Crippen LogP contribution in [-0.4, -0.2) is 11.1 Å². The van der Waals surface area contributed by atoms with Crippen LogP contribution in [0.3, 0.4) is 0 Å². The highest BCUT2D eigenvalue weighted by Crippen LogP contribution is 2.24. The molecule has 25 heavy (non-hydrogen) atoms. The number of nitrogens with zero attached hydrogens (tertiary/aromatic N) is 2. The van der Waals surface area contributed by atoms with Gasteiger partial charge < -0.3 is 5.32 Å². The van der Waals surface area contributed by atoms with Gasteiger partial charge in [-0.05, 0) is 28.3 Å². The highest BCUT2D eigenvalue weighted by Gasteiger charge is 2.18. The number of halogens is 1. The summed E-state index contributed by atoms with van der Waals surface area (Å²) in [5, 5.41) is 3.41. The van der Waals surface area contributed by atoms with Crippen LogP contribution in [0.1, 0.15) is 17.3 Å². The second-order valence-electron chi connectivity index (χ2n) is 5.75. The van der Waals surface area contributed by atoms with Gasteiger partial charge in [0.05, 0.1) is 0 Å². The van der Waals surface area contributed by atoms with Crippen LogP contribution in [-0.2, 0) is 0 Å². The standard InChI is InChI=1S/C21H16ClN3/c22-21-24-19(17-9-5-2-6-10-17)23-20(25-21)18-13-11-16(12-14-18)15-7-3-1-4-8-15/h1-14,19H,(H,23,24,25). The monoisotopic (exact) mass is 345 g/mol. The molecule has 0 amide bonds. The minimum absolute atomic E-state index is 0.321. The van der Waals surface area contributed by atoms with Crippen molar-refractivity contribution in [1.29, 1.82) is 0 Å². The summed E-state index contributed by atoms with van der Waals surface area (Å²) in [4.78, 5) is 9.09. The van der Waals surface area contributed by atoms with E-state index in [0.717, 1.165) is 17.0 Å². The first kappa shape index (κ1) is 15.6. The van der Waals surface area contributed by atoms with Crippen molar-refractivity contribution in [3.63, 3.8) is 0 Å². The maximum Gasteiger partial charge on any atom is 0.199 e. The van der Waals surface area contributed by atoms with Crippen LogP contribution < -0.4 is 5.32 Å². The molecule has 1 heterocycles. The molecule has 1 unspecified atom stereocenters. The van der Waals surface area contributed by atoms with Crippen molar-refractivity contribution < 1.29 is 0 Å². The van der Waals surface area contributed by atoms with Gasteiger partial charge in [0.15, 0.2) is 11.5 Å². The molecule has 3 aromatic carbocycles. The molecule has 3 aromatic rings. The summed E-state index contributed by atoms with van der Waals surface area (Å²) >= 11 is 6.19. The summed E-state index contributed by atoms with van der Waals surface area (Å²) < 4.78 is 0. The second-order valence-corrected chi connectivity index (χ2v) is 6.11. The third-order valence-electron chi connectivity index (χ3n) is 4.07. The highest BCUT2D eigenvalue weighted by atomic mass is 35.5. The van der Waals surface area contributed by atoms with Crippen molar-refractivity contribution in [2.24, 2.45) is 9.98 Å². The lowest BCUT2D eigenvalue weighted by Gasteiger charge is -2.19. The number of rotatable bonds is 3. The zero-order valence-corrected chi connectivity index (χ0v) is 14.2. The molecule has 0 bridgehead atoms. The fourth-order valence-corrected chi connectivity index (χ4v) is 2.97. The molecule has 0 saturated carbocycles. The maximum absolute atomic E-state index is 6.19. The zero-order chi connectivity index (χ0) is 17.1. The second kappa shape index (κ2) is 6.91. The van der Waals surface area contributed by atoms with Gasteiger partial charge in [-0.25, -0.2) is 9.98 Å². The molecule has 3 nitrogen and oxygen atoms in total. The van der Waals surface area contributed by atoms with Crippen LogP contribution in [0.25, 0.3) is 11.1 Å². The topological polar surface area (TPSA) is 36.8 Å². The van der Waals surface area contributed by atoms with Crippen LogP contribution in [0.15, 0.2) is 94.9 Å². The van der Waals surface area contributed by atoms with Gasteiger partial charge in [-0.1, -0.05) is 84.9 Å². The van der Waals surface area contributed by atoms with Gasteiger partial charge in [-0.3, -0.25) is 0 Å². The predicted molar refractivity (Wildman–Crippen MR) is 104 cm³/mol. The minimum Gasteiger partial charge on any atom is -0.315 e. The molecule has 122 valence electrons. The summed E-state index contributed by atoms with van der Waals surface area (Å²) in [6.45, 7) is 0. The molecule has 1 atom stereocenters. The van der Waals surface area contributed by atoms with Crippen LogP contribution >= 0.6 is 11.6 Å². The highest BCUT2D eigenvalue weighted by molar-refractivity contribution is 6.66. The molecule has 1 aliphatic heterocycles. The third kappa shape index (κ3) is 3.47. The Kier molecular flexibility index (Phi) is 4.32. The van der Waals surface area contributed by atoms with E-state index in [9.17, 15) is 0 Å². The van der Waals surface area contributed by atoms with Gasteiger partial charge in [0.25, 0.3) is 0 Å². The van der Waals surface area contributed by atoms with E-state index >= 15 is 0 Å². The largest absolute Gasteiger partial charge is 0.315 e. The molecule has 1 aliphatic rings. The van der Waals surface area contributed by atoms with E-state index in [0.29, 0.717) is 5.29 Å². The lowest BCUT2D eigenvalue weighted by molar-refractivity contribution is 0.760. The third-order valence-corrected chi connectivity index (χ3v) is 4.26. The number of hydrogen-bond donors (Lipinski definition) is 1. The quantitative estimate of drug-likeness (QED) is 0.666. The summed E-state index contributed by atoms with van der Waals surface area (Å²) in [6, 6.07) is 28.5. The number of benzene rings is 3. The predicted octanol–water partition coefficient (Wildman–Crippen LogP) is 5.00. The molecule has 0 aromatic heterocycles. The Morgan fingerprint density at radius 2 is 1.20 bits per heavy atom. The average molecular weight is 346 g/mol. The summed E-state index contributed by atoms with van der Waals surface area (Å²) in [7, 11) is 0. The normalized spacial score (nSPS) is 16.6. The first-order chi connectivity index (χ1) is 12.3. The smallest absolute Gasteiger partial charge is 0.199 e. The fourth-order valence-electron chi connectivity index (χ4n) is 2.79. The first-order valence-corrected chi connectivity index (χ1v) is 8.46. The number of hydrogen-bond acceptors (Lipinski definition) is 3.